The molecule has 0 aliphatic carbocycles. The van der Waals surface area contributed by atoms with E-state index in [0.29, 0.717) is 17.9 Å². The average molecular weight is 531 g/mol. The smallest absolute Gasteiger partial charge is 0.262 e. The van der Waals surface area contributed by atoms with Crippen LogP contribution in [-0.2, 0) is 21.4 Å². The molecule has 9 heteroatoms. The Morgan fingerprint density at radius 2 is 1.50 bits per heavy atom. The minimum atomic E-state index is -3.99. The molecule has 0 radical (unpaired) electrons. The average Bonchev–Trinajstić information content (AvgIpc) is 2.90. The quantitative estimate of drug-likeness (QED) is 0.227. The maximum atomic E-state index is 13.3. The van der Waals surface area contributed by atoms with Gasteiger partial charge in [0, 0.05) is 37.8 Å². The van der Waals surface area contributed by atoms with Crippen molar-refractivity contribution in [2.24, 2.45) is 0 Å². The first-order valence-corrected chi connectivity index (χ1v) is 13.7. The monoisotopic (exact) mass is 530 g/mol. The highest BCUT2D eigenvalue weighted by Crippen LogP contribution is 2.24. The van der Waals surface area contributed by atoms with Crippen molar-refractivity contribution in [3.8, 4) is 0 Å². The van der Waals surface area contributed by atoms with E-state index in [9.17, 15) is 18.0 Å². The van der Waals surface area contributed by atoms with Gasteiger partial charge in [0.1, 0.15) is 0 Å². The molecule has 4 aromatic rings. The second kappa shape index (κ2) is 11.8. The van der Waals surface area contributed by atoms with Crippen LogP contribution in [0.5, 0.6) is 0 Å². The topological polar surface area (TPSA) is 116 Å². The molecule has 0 unspecified atom stereocenters. The number of aryl methyl sites for hydroxylation is 1. The van der Waals surface area contributed by atoms with E-state index in [4.69, 9.17) is 0 Å². The van der Waals surface area contributed by atoms with E-state index in [2.05, 4.69) is 26.7 Å². The van der Waals surface area contributed by atoms with E-state index < -0.39 is 15.9 Å². The van der Waals surface area contributed by atoms with Crippen LogP contribution in [0.2, 0.25) is 0 Å². The largest absolute Gasteiger partial charge is 0.381 e. The van der Waals surface area contributed by atoms with Gasteiger partial charge in [0.15, 0.2) is 0 Å². The summed E-state index contributed by atoms with van der Waals surface area (Å²) in [5, 5.41) is 10.8. The SMILES string of the molecule is CC(=O)NCCNC(=O)c1cc(NCc2ccc3ccccc3c2)cc(S(=O)(=O)Nc2ccccc2C)c1. The van der Waals surface area contributed by atoms with Crippen LogP contribution in [0.25, 0.3) is 10.8 Å². The lowest BCUT2D eigenvalue weighted by atomic mass is 10.1. The van der Waals surface area contributed by atoms with E-state index in [1.807, 2.05) is 55.5 Å². The van der Waals surface area contributed by atoms with Crippen molar-refractivity contribution in [2.75, 3.05) is 23.1 Å². The third-order valence-electron chi connectivity index (χ3n) is 5.96. The van der Waals surface area contributed by atoms with Crippen molar-refractivity contribution in [1.82, 2.24) is 10.6 Å². The summed E-state index contributed by atoms with van der Waals surface area (Å²) in [5.74, 6) is -0.646. The molecule has 4 aromatic carbocycles. The maximum Gasteiger partial charge on any atom is 0.262 e. The second-order valence-corrected chi connectivity index (χ2v) is 10.6. The Bertz CT molecular complexity index is 1580. The molecule has 0 saturated carbocycles. The van der Waals surface area contributed by atoms with E-state index in [-0.39, 0.29) is 29.5 Å². The van der Waals surface area contributed by atoms with Gasteiger partial charge in [-0.25, -0.2) is 8.42 Å². The second-order valence-electron chi connectivity index (χ2n) is 8.94. The summed E-state index contributed by atoms with van der Waals surface area (Å²) in [5.41, 5.74) is 2.91. The van der Waals surface area contributed by atoms with Crippen LogP contribution in [0.3, 0.4) is 0 Å². The van der Waals surface area contributed by atoms with E-state index in [1.54, 1.807) is 18.2 Å². The number of sulfonamides is 1. The van der Waals surface area contributed by atoms with Crippen LogP contribution in [0.1, 0.15) is 28.4 Å². The predicted molar refractivity (Wildman–Crippen MR) is 151 cm³/mol. The molecule has 4 rings (SSSR count). The van der Waals surface area contributed by atoms with Gasteiger partial charge in [0.05, 0.1) is 10.6 Å². The molecule has 0 heterocycles. The first-order valence-electron chi connectivity index (χ1n) is 12.2. The highest BCUT2D eigenvalue weighted by atomic mass is 32.2. The fourth-order valence-corrected chi connectivity index (χ4v) is 5.15. The Morgan fingerprint density at radius 1 is 0.789 bits per heavy atom. The molecule has 0 aliphatic rings. The van der Waals surface area contributed by atoms with E-state index in [0.717, 1.165) is 21.9 Å². The summed E-state index contributed by atoms with van der Waals surface area (Å²) in [6.07, 6.45) is 0. The van der Waals surface area contributed by atoms with Gasteiger partial charge in [-0.2, -0.15) is 0 Å². The first-order chi connectivity index (χ1) is 18.2. The van der Waals surface area contributed by atoms with Crippen molar-refractivity contribution in [3.05, 3.63) is 102 Å². The van der Waals surface area contributed by atoms with Crippen molar-refractivity contribution in [1.29, 1.82) is 0 Å². The molecule has 0 saturated heterocycles. The Morgan fingerprint density at radius 3 is 2.26 bits per heavy atom. The summed E-state index contributed by atoms with van der Waals surface area (Å²) >= 11 is 0. The van der Waals surface area contributed by atoms with Gasteiger partial charge in [-0.05, 0) is 59.2 Å². The molecule has 38 heavy (non-hydrogen) atoms. The van der Waals surface area contributed by atoms with Crippen LogP contribution in [0.4, 0.5) is 11.4 Å². The lowest BCUT2D eigenvalue weighted by molar-refractivity contribution is -0.118. The summed E-state index contributed by atoms with van der Waals surface area (Å²) in [4.78, 5) is 23.9. The zero-order valence-corrected chi connectivity index (χ0v) is 22.1. The number of rotatable bonds is 10. The maximum absolute atomic E-state index is 13.3. The number of carbonyl (C=O) groups is 2. The minimum Gasteiger partial charge on any atom is -0.381 e. The van der Waals surface area contributed by atoms with Crippen molar-refractivity contribution in [2.45, 2.75) is 25.3 Å². The molecule has 8 nitrogen and oxygen atoms in total. The van der Waals surface area contributed by atoms with Crippen molar-refractivity contribution >= 4 is 44.0 Å². The molecule has 0 aromatic heterocycles. The number of hydrogen-bond donors (Lipinski definition) is 4. The Hall–Kier alpha value is -4.37. The number of hydrogen-bond acceptors (Lipinski definition) is 5. The number of amides is 2. The number of para-hydroxylation sites is 1. The van der Waals surface area contributed by atoms with E-state index >= 15 is 0 Å². The number of fused-ring (bicyclic) bond motifs is 1. The molecular weight excluding hydrogens is 500 g/mol. The lowest BCUT2D eigenvalue weighted by Crippen LogP contribution is -2.33. The van der Waals surface area contributed by atoms with Gasteiger partial charge in [-0.1, -0.05) is 54.6 Å². The van der Waals surface area contributed by atoms with Crippen molar-refractivity contribution < 1.29 is 18.0 Å². The summed E-state index contributed by atoms with van der Waals surface area (Å²) in [6.45, 7) is 4.11. The van der Waals surface area contributed by atoms with Crippen LogP contribution in [-0.4, -0.2) is 33.3 Å². The van der Waals surface area contributed by atoms with Gasteiger partial charge in [0.25, 0.3) is 15.9 Å². The Labute approximate surface area is 222 Å². The zero-order chi connectivity index (χ0) is 27.1. The molecule has 4 N–H and O–H groups in total. The first kappa shape index (κ1) is 26.7. The predicted octanol–water partition coefficient (Wildman–Crippen LogP) is 4.43. The molecule has 0 bridgehead atoms. The minimum absolute atomic E-state index is 0.0451. The van der Waals surface area contributed by atoms with Crippen LogP contribution >= 0.6 is 0 Å². The van der Waals surface area contributed by atoms with Crippen LogP contribution < -0.4 is 20.7 Å². The molecule has 0 fully saturated rings. The van der Waals surface area contributed by atoms with Gasteiger partial charge in [0.2, 0.25) is 5.91 Å². The standard InChI is InChI=1S/C29H30N4O4S/c1-20-7-3-6-10-28(20)33-38(36,37)27-17-25(29(35)31-14-13-30-21(2)34)16-26(18-27)32-19-22-11-12-23-8-4-5-9-24(23)15-22/h3-12,15-18,32-33H,13-14,19H2,1-2H3,(H,30,34)(H,31,35). The fraction of sp³-hybridized carbons (Fsp3) is 0.172. The number of nitrogens with one attached hydrogen (secondary N) is 4. The third-order valence-corrected chi connectivity index (χ3v) is 7.31. The third kappa shape index (κ3) is 6.89. The lowest BCUT2D eigenvalue weighted by Gasteiger charge is -2.15. The summed E-state index contributed by atoms with van der Waals surface area (Å²) < 4.78 is 29.3. The molecule has 196 valence electrons. The molecular formula is C29H30N4O4S. The normalized spacial score (nSPS) is 11.1. The van der Waals surface area contributed by atoms with Gasteiger partial charge in [-0.15, -0.1) is 0 Å². The number of benzene rings is 4. The van der Waals surface area contributed by atoms with E-state index in [1.165, 1.54) is 19.1 Å². The number of carbonyl (C=O) groups excluding carboxylic acids is 2. The Balaban J connectivity index is 1.60. The zero-order valence-electron chi connectivity index (χ0n) is 21.2. The van der Waals surface area contributed by atoms with Crippen LogP contribution in [0.15, 0.2) is 89.8 Å². The summed E-state index contributed by atoms with van der Waals surface area (Å²) in [6, 6.07) is 25.7. The van der Waals surface area contributed by atoms with Crippen LogP contribution in [0, 0.1) is 6.92 Å². The number of anilines is 2. The highest BCUT2D eigenvalue weighted by Gasteiger charge is 2.19. The van der Waals surface area contributed by atoms with Gasteiger partial charge >= 0.3 is 0 Å². The fourth-order valence-electron chi connectivity index (χ4n) is 3.95. The molecule has 0 atom stereocenters. The molecule has 2 amide bonds. The van der Waals surface area contributed by atoms with Gasteiger partial charge in [-0.3, -0.25) is 14.3 Å². The Kier molecular flexibility index (Phi) is 8.28. The highest BCUT2D eigenvalue weighted by molar-refractivity contribution is 7.92. The van der Waals surface area contributed by atoms with Crippen molar-refractivity contribution in [3.63, 3.8) is 0 Å². The summed E-state index contributed by atoms with van der Waals surface area (Å²) in [7, 11) is -3.99. The van der Waals surface area contributed by atoms with Gasteiger partial charge < -0.3 is 16.0 Å². The molecule has 0 aliphatic heterocycles. The molecule has 0 spiro atoms.